The van der Waals surface area contributed by atoms with Crippen LogP contribution < -0.4 is 10.6 Å². The van der Waals surface area contributed by atoms with Gasteiger partial charge in [0.15, 0.2) is 0 Å². The maximum Gasteiger partial charge on any atom is 0.232 e. The van der Waals surface area contributed by atoms with Gasteiger partial charge in [-0.05, 0) is 41.9 Å². The van der Waals surface area contributed by atoms with Crippen LogP contribution in [0.1, 0.15) is 12.5 Å². The first kappa shape index (κ1) is 12.8. The number of hydrogen-bond acceptors (Lipinski definition) is 4. The van der Waals surface area contributed by atoms with Crippen molar-refractivity contribution in [1.82, 2.24) is 9.97 Å². The molecule has 4 nitrogen and oxygen atoms in total. The van der Waals surface area contributed by atoms with Crippen LogP contribution in [-0.2, 0) is 0 Å². The monoisotopic (exact) mass is 306 g/mol. The first-order valence-electron chi connectivity index (χ1n) is 5.74. The molecule has 94 valence electrons. The summed E-state index contributed by atoms with van der Waals surface area (Å²) in [5, 5.41) is 0. The van der Waals surface area contributed by atoms with Crippen LogP contribution in [0.15, 0.2) is 34.9 Å². The Hall–Kier alpha value is -1.62. The number of aromatic nitrogens is 2. The molecule has 0 aliphatic heterocycles. The summed E-state index contributed by atoms with van der Waals surface area (Å²) in [7, 11) is 0. The molecule has 0 aliphatic carbocycles. The van der Waals surface area contributed by atoms with Gasteiger partial charge in [0.25, 0.3) is 0 Å². The summed E-state index contributed by atoms with van der Waals surface area (Å²) in [6, 6.07) is 9.93. The molecule has 0 radical (unpaired) electrons. The fraction of sp³-hybridized carbons (Fsp3) is 0.231. The third-order valence-electron chi connectivity index (χ3n) is 2.61. The molecule has 5 heteroatoms. The van der Waals surface area contributed by atoms with Gasteiger partial charge in [-0.25, -0.2) is 4.98 Å². The van der Waals surface area contributed by atoms with E-state index in [4.69, 9.17) is 5.73 Å². The zero-order valence-corrected chi connectivity index (χ0v) is 12.0. The Bertz CT molecular complexity index is 519. The minimum atomic E-state index is 0.456. The number of benzene rings is 1. The van der Waals surface area contributed by atoms with Gasteiger partial charge >= 0.3 is 0 Å². The second kappa shape index (κ2) is 5.35. The topological polar surface area (TPSA) is 55.0 Å². The Kier molecular flexibility index (Phi) is 3.81. The van der Waals surface area contributed by atoms with Gasteiger partial charge in [-0.3, -0.25) is 0 Å². The third kappa shape index (κ3) is 2.79. The predicted octanol–water partition coefficient (Wildman–Crippen LogP) is 3.29. The van der Waals surface area contributed by atoms with Crippen molar-refractivity contribution in [3.8, 4) is 0 Å². The average Bonchev–Trinajstić information content (AvgIpc) is 2.31. The van der Waals surface area contributed by atoms with E-state index in [2.05, 4.69) is 64.0 Å². The Morgan fingerprint density at radius 2 is 1.89 bits per heavy atom. The second-order valence-corrected chi connectivity index (χ2v) is 4.81. The highest BCUT2D eigenvalue weighted by Gasteiger charge is 2.11. The van der Waals surface area contributed by atoms with E-state index in [1.807, 2.05) is 4.90 Å². The Morgan fingerprint density at radius 3 is 2.44 bits per heavy atom. The summed E-state index contributed by atoms with van der Waals surface area (Å²) >= 11 is 3.34. The zero-order valence-electron chi connectivity index (χ0n) is 10.4. The van der Waals surface area contributed by atoms with E-state index >= 15 is 0 Å². The molecular weight excluding hydrogens is 292 g/mol. The molecule has 0 saturated heterocycles. The van der Waals surface area contributed by atoms with E-state index in [-0.39, 0.29) is 0 Å². The Balaban J connectivity index is 2.41. The predicted molar refractivity (Wildman–Crippen MR) is 78.0 cm³/mol. The number of halogens is 1. The molecule has 0 atom stereocenters. The lowest BCUT2D eigenvalue weighted by atomic mass is 10.2. The van der Waals surface area contributed by atoms with Crippen molar-refractivity contribution in [2.24, 2.45) is 0 Å². The number of nitrogens with zero attached hydrogens (tertiary/aromatic N) is 3. The molecular formula is C13H15BrN4. The maximum atomic E-state index is 5.75. The van der Waals surface area contributed by atoms with Crippen LogP contribution in [-0.4, -0.2) is 16.5 Å². The van der Waals surface area contributed by atoms with E-state index < -0.39 is 0 Å². The van der Waals surface area contributed by atoms with Crippen molar-refractivity contribution in [3.05, 3.63) is 40.5 Å². The normalized spacial score (nSPS) is 10.4. The highest BCUT2D eigenvalue weighted by atomic mass is 79.9. The molecule has 0 saturated carbocycles. The van der Waals surface area contributed by atoms with Crippen molar-refractivity contribution in [3.63, 3.8) is 0 Å². The minimum absolute atomic E-state index is 0.456. The van der Waals surface area contributed by atoms with Crippen LogP contribution in [0.4, 0.5) is 17.5 Å². The lowest BCUT2D eigenvalue weighted by Crippen LogP contribution is -2.19. The van der Waals surface area contributed by atoms with Gasteiger partial charge in [0, 0.05) is 18.3 Å². The molecule has 0 spiro atoms. The summed E-state index contributed by atoms with van der Waals surface area (Å²) in [6.45, 7) is 4.90. The van der Waals surface area contributed by atoms with Gasteiger partial charge in [-0.1, -0.05) is 17.7 Å². The second-order valence-electron chi connectivity index (χ2n) is 4.00. The van der Waals surface area contributed by atoms with Crippen molar-refractivity contribution in [2.75, 3.05) is 17.2 Å². The Morgan fingerprint density at radius 1 is 1.22 bits per heavy atom. The van der Waals surface area contributed by atoms with Gasteiger partial charge in [0.05, 0.1) is 0 Å². The maximum absolute atomic E-state index is 5.75. The fourth-order valence-electron chi connectivity index (χ4n) is 1.71. The highest BCUT2D eigenvalue weighted by Crippen LogP contribution is 2.24. The van der Waals surface area contributed by atoms with Crippen LogP contribution in [0, 0.1) is 6.92 Å². The summed E-state index contributed by atoms with van der Waals surface area (Å²) < 4.78 is 0.690. The molecule has 0 aliphatic rings. The first-order valence-corrected chi connectivity index (χ1v) is 6.53. The van der Waals surface area contributed by atoms with Crippen molar-refractivity contribution < 1.29 is 0 Å². The zero-order chi connectivity index (χ0) is 13.1. The highest BCUT2D eigenvalue weighted by molar-refractivity contribution is 9.10. The molecule has 1 aromatic heterocycles. The molecule has 2 rings (SSSR count). The van der Waals surface area contributed by atoms with Crippen LogP contribution in [0.25, 0.3) is 0 Å². The van der Waals surface area contributed by atoms with Gasteiger partial charge in [0.2, 0.25) is 5.95 Å². The fourth-order valence-corrected chi connectivity index (χ4v) is 2.10. The van der Waals surface area contributed by atoms with E-state index in [1.165, 1.54) is 5.56 Å². The molecule has 0 bridgehead atoms. The average molecular weight is 307 g/mol. The van der Waals surface area contributed by atoms with E-state index in [0.717, 1.165) is 12.2 Å². The number of rotatable bonds is 3. The molecule has 1 aromatic carbocycles. The minimum Gasteiger partial charge on any atom is -0.383 e. The van der Waals surface area contributed by atoms with E-state index in [0.29, 0.717) is 16.4 Å². The number of aryl methyl sites for hydroxylation is 1. The van der Waals surface area contributed by atoms with Crippen LogP contribution in [0.5, 0.6) is 0 Å². The summed E-state index contributed by atoms with van der Waals surface area (Å²) in [6.07, 6.45) is 0. The summed E-state index contributed by atoms with van der Waals surface area (Å²) in [5.74, 6) is 1.06. The lowest BCUT2D eigenvalue weighted by molar-refractivity contribution is 0.943. The largest absolute Gasteiger partial charge is 0.383 e. The lowest BCUT2D eigenvalue weighted by Gasteiger charge is -2.21. The summed E-state index contributed by atoms with van der Waals surface area (Å²) in [5.41, 5.74) is 8.03. The molecule has 0 fully saturated rings. The molecule has 2 N–H and O–H groups in total. The SMILES string of the molecule is CCN(c1ccc(C)cc1)c1nc(N)cc(Br)n1. The van der Waals surface area contributed by atoms with Gasteiger partial charge < -0.3 is 10.6 Å². The van der Waals surface area contributed by atoms with Crippen molar-refractivity contribution in [1.29, 1.82) is 0 Å². The molecule has 1 heterocycles. The van der Waals surface area contributed by atoms with Gasteiger partial charge in [-0.15, -0.1) is 0 Å². The van der Waals surface area contributed by atoms with E-state index in [9.17, 15) is 0 Å². The van der Waals surface area contributed by atoms with Gasteiger partial charge in [-0.2, -0.15) is 4.98 Å². The van der Waals surface area contributed by atoms with Gasteiger partial charge in [0.1, 0.15) is 10.4 Å². The number of nitrogen functional groups attached to an aromatic ring is 1. The smallest absolute Gasteiger partial charge is 0.232 e. The van der Waals surface area contributed by atoms with Crippen LogP contribution in [0.2, 0.25) is 0 Å². The third-order valence-corrected chi connectivity index (χ3v) is 3.01. The van der Waals surface area contributed by atoms with Crippen molar-refractivity contribution >= 4 is 33.4 Å². The Labute approximate surface area is 115 Å². The van der Waals surface area contributed by atoms with Crippen molar-refractivity contribution in [2.45, 2.75) is 13.8 Å². The number of anilines is 3. The number of hydrogen-bond donors (Lipinski definition) is 1. The quantitative estimate of drug-likeness (QED) is 0.884. The van der Waals surface area contributed by atoms with Crippen LogP contribution in [0.3, 0.4) is 0 Å². The number of nitrogens with two attached hydrogens (primary N) is 1. The molecule has 18 heavy (non-hydrogen) atoms. The molecule has 0 unspecified atom stereocenters. The molecule has 2 aromatic rings. The van der Waals surface area contributed by atoms with E-state index in [1.54, 1.807) is 6.07 Å². The summed E-state index contributed by atoms with van der Waals surface area (Å²) in [4.78, 5) is 10.6. The van der Waals surface area contributed by atoms with Crippen LogP contribution >= 0.6 is 15.9 Å². The molecule has 0 amide bonds. The standard InChI is InChI=1S/C13H15BrN4/c1-3-18(10-6-4-9(2)5-7-10)13-16-11(14)8-12(15)17-13/h4-8H,3H2,1-2H3,(H2,15,16,17). The first-order chi connectivity index (χ1) is 8.60.